The molecule has 1 heterocycles. The van der Waals surface area contributed by atoms with E-state index in [1.807, 2.05) is 19.0 Å². The first-order valence-corrected chi connectivity index (χ1v) is 5.37. The Morgan fingerprint density at radius 2 is 2.17 bits per heavy atom. The monoisotopic (exact) mass is 256 g/mol. The largest absolute Gasteiger partial charge is 0.480 e. The van der Waals surface area contributed by atoms with Gasteiger partial charge in [0.25, 0.3) is 0 Å². The van der Waals surface area contributed by atoms with Gasteiger partial charge in [0.2, 0.25) is 5.91 Å². The SMILES string of the molecule is CN(C)CCn1nnnc1CC(=O)NCC(=O)O. The zero-order chi connectivity index (χ0) is 13.5. The van der Waals surface area contributed by atoms with Crippen LogP contribution in [0.3, 0.4) is 0 Å². The molecule has 9 nitrogen and oxygen atoms in total. The van der Waals surface area contributed by atoms with Crippen LogP contribution in [0.4, 0.5) is 0 Å². The van der Waals surface area contributed by atoms with Crippen LogP contribution in [-0.4, -0.2) is 69.3 Å². The van der Waals surface area contributed by atoms with Gasteiger partial charge in [-0.2, -0.15) is 0 Å². The second-order valence-electron chi connectivity index (χ2n) is 3.97. The van der Waals surface area contributed by atoms with E-state index in [0.717, 1.165) is 6.54 Å². The summed E-state index contributed by atoms with van der Waals surface area (Å²) in [5, 5.41) is 21.7. The number of aliphatic carboxylic acids is 1. The molecule has 18 heavy (non-hydrogen) atoms. The van der Waals surface area contributed by atoms with Crippen LogP contribution in [0, 0.1) is 0 Å². The molecule has 100 valence electrons. The molecule has 0 unspecified atom stereocenters. The van der Waals surface area contributed by atoms with E-state index in [4.69, 9.17) is 5.11 Å². The highest BCUT2D eigenvalue weighted by Crippen LogP contribution is 1.94. The summed E-state index contributed by atoms with van der Waals surface area (Å²) in [5.74, 6) is -1.09. The fraction of sp³-hybridized carbons (Fsp3) is 0.667. The number of rotatable bonds is 7. The minimum atomic E-state index is -1.09. The van der Waals surface area contributed by atoms with Gasteiger partial charge in [-0.05, 0) is 24.5 Å². The standard InChI is InChI=1S/C9H16N6O3/c1-14(2)3-4-15-7(11-12-13-15)5-8(16)10-6-9(17)18/h3-6H2,1-2H3,(H,10,16)(H,17,18). The summed E-state index contributed by atoms with van der Waals surface area (Å²) < 4.78 is 1.53. The second-order valence-corrected chi connectivity index (χ2v) is 3.97. The van der Waals surface area contributed by atoms with Gasteiger partial charge < -0.3 is 15.3 Å². The molecule has 1 rings (SSSR count). The van der Waals surface area contributed by atoms with Crippen molar-refractivity contribution in [2.75, 3.05) is 27.2 Å². The van der Waals surface area contributed by atoms with Gasteiger partial charge in [0.05, 0.1) is 13.0 Å². The number of aromatic nitrogens is 4. The first-order valence-electron chi connectivity index (χ1n) is 5.37. The Bertz CT molecular complexity index is 416. The van der Waals surface area contributed by atoms with E-state index < -0.39 is 18.4 Å². The highest BCUT2D eigenvalue weighted by Gasteiger charge is 2.12. The third kappa shape index (κ3) is 4.87. The molecular formula is C9H16N6O3. The summed E-state index contributed by atoms with van der Waals surface area (Å²) in [7, 11) is 3.84. The van der Waals surface area contributed by atoms with E-state index in [1.54, 1.807) is 0 Å². The zero-order valence-electron chi connectivity index (χ0n) is 10.3. The average molecular weight is 256 g/mol. The van der Waals surface area contributed by atoms with Gasteiger partial charge in [-0.3, -0.25) is 9.59 Å². The molecule has 9 heteroatoms. The molecule has 0 aliphatic carbocycles. The van der Waals surface area contributed by atoms with Crippen molar-refractivity contribution in [1.29, 1.82) is 0 Å². The second kappa shape index (κ2) is 6.64. The van der Waals surface area contributed by atoms with Crippen LogP contribution in [0.25, 0.3) is 0 Å². The van der Waals surface area contributed by atoms with Gasteiger partial charge in [0.15, 0.2) is 5.82 Å². The quantitative estimate of drug-likeness (QED) is 0.578. The van der Waals surface area contributed by atoms with Gasteiger partial charge in [-0.1, -0.05) is 0 Å². The Morgan fingerprint density at radius 1 is 1.44 bits per heavy atom. The Labute approximate surface area is 104 Å². The lowest BCUT2D eigenvalue weighted by Gasteiger charge is -2.09. The fourth-order valence-corrected chi connectivity index (χ4v) is 1.20. The lowest BCUT2D eigenvalue weighted by Crippen LogP contribution is -2.31. The summed E-state index contributed by atoms with van der Waals surface area (Å²) >= 11 is 0. The molecule has 1 aromatic heterocycles. The highest BCUT2D eigenvalue weighted by molar-refractivity contribution is 5.82. The van der Waals surface area contributed by atoms with E-state index in [2.05, 4.69) is 20.8 Å². The van der Waals surface area contributed by atoms with Crippen molar-refractivity contribution >= 4 is 11.9 Å². The molecule has 1 amide bonds. The number of carbonyl (C=O) groups excluding carboxylic acids is 1. The van der Waals surface area contributed by atoms with Crippen molar-refractivity contribution in [3.63, 3.8) is 0 Å². The number of hydrogen-bond donors (Lipinski definition) is 2. The van der Waals surface area contributed by atoms with Crippen LogP contribution >= 0.6 is 0 Å². The maximum atomic E-state index is 11.4. The van der Waals surface area contributed by atoms with Crippen molar-refractivity contribution in [1.82, 2.24) is 30.4 Å². The predicted octanol–water partition coefficient (Wildman–Crippen LogP) is -2.02. The minimum Gasteiger partial charge on any atom is -0.480 e. The number of carbonyl (C=O) groups is 2. The number of carboxylic acid groups (broad SMARTS) is 1. The van der Waals surface area contributed by atoms with E-state index in [0.29, 0.717) is 12.4 Å². The molecular weight excluding hydrogens is 240 g/mol. The normalized spacial score (nSPS) is 10.6. The third-order valence-corrected chi connectivity index (χ3v) is 2.12. The third-order valence-electron chi connectivity index (χ3n) is 2.12. The van der Waals surface area contributed by atoms with Crippen LogP contribution < -0.4 is 5.32 Å². The number of hydrogen-bond acceptors (Lipinski definition) is 6. The molecule has 0 saturated carbocycles. The first-order chi connectivity index (χ1) is 8.49. The van der Waals surface area contributed by atoms with Crippen molar-refractivity contribution in [3.8, 4) is 0 Å². The molecule has 0 saturated heterocycles. The average Bonchev–Trinajstić information content (AvgIpc) is 2.71. The Balaban J connectivity index is 2.48. The molecule has 0 spiro atoms. The molecule has 0 atom stereocenters. The molecule has 0 bridgehead atoms. The van der Waals surface area contributed by atoms with Crippen LogP contribution in [0.1, 0.15) is 5.82 Å². The first kappa shape index (κ1) is 14.0. The van der Waals surface area contributed by atoms with Crippen LogP contribution in [0.5, 0.6) is 0 Å². The number of tetrazole rings is 1. The number of likely N-dealkylation sites (N-methyl/N-ethyl adjacent to an activating group) is 1. The van der Waals surface area contributed by atoms with Gasteiger partial charge in [-0.15, -0.1) is 5.10 Å². The molecule has 0 fully saturated rings. The Kier molecular flexibility index (Phi) is 5.18. The number of amides is 1. The molecule has 0 aromatic carbocycles. The van der Waals surface area contributed by atoms with Gasteiger partial charge in [0.1, 0.15) is 6.54 Å². The fourth-order valence-electron chi connectivity index (χ4n) is 1.20. The van der Waals surface area contributed by atoms with Crippen molar-refractivity contribution in [2.24, 2.45) is 0 Å². The Hall–Kier alpha value is -2.03. The summed E-state index contributed by atoms with van der Waals surface area (Å²) in [6.07, 6.45) is -0.0340. The van der Waals surface area contributed by atoms with Crippen molar-refractivity contribution < 1.29 is 14.7 Å². The van der Waals surface area contributed by atoms with E-state index in [9.17, 15) is 9.59 Å². The number of carboxylic acids is 1. The summed E-state index contributed by atoms with van der Waals surface area (Å²) in [6.45, 7) is 0.911. The summed E-state index contributed by atoms with van der Waals surface area (Å²) in [4.78, 5) is 23.7. The maximum Gasteiger partial charge on any atom is 0.322 e. The van der Waals surface area contributed by atoms with Gasteiger partial charge in [0, 0.05) is 6.54 Å². The van der Waals surface area contributed by atoms with Crippen molar-refractivity contribution in [2.45, 2.75) is 13.0 Å². The topological polar surface area (TPSA) is 113 Å². The van der Waals surface area contributed by atoms with Crippen LogP contribution in [-0.2, 0) is 22.6 Å². The lowest BCUT2D eigenvalue weighted by molar-refractivity contribution is -0.137. The van der Waals surface area contributed by atoms with Crippen LogP contribution in [0.15, 0.2) is 0 Å². The molecule has 1 aromatic rings. The summed E-state index contributed by atoms with van der Waals surface area (Å²) in [5.41, 5.74) is 0. The summed E-state index contributed by atoms with van der Waals surface area (Å²) in [6, 6.07) is 0. The van der Waals surface area contributed by atoms with Gasteiger partial charge in [-0.25, -0.2) is 4.68 Å². The van der Waals surface area contributed by atoms with Crippen LogP contribution in [0.2, 0.25) is 0 Å². The highest BCUT2D eigenvalue weighted by atomic mass is 16.4. The minimum absolute atomic E-state index is 0.0340. The Morgan fingerprint density at radius 3 is 2.78 bits per heavy atom. The van der Waals surface area contributed by atoms with E-state index in [1.165, 1.54) is 4.68 Å². The van der Waals surface area contributed by atoms with Gasteiger partial charge >= 0.3 is 5.97 Å². The maximum absolute atomic E-state index is 11.4. The van der Waals surface area contributed by atoms with E-state index >= 15 is 0 Å². The molecule has 0 aliphatic heterocycles. The lowest BCUT2D eigenvalue weighted by atomic mass is 10.3. The van der Waals surface area contributed by atoms with Crippen molar-refractivity contribution in [3.05, 3.63) is 5.82 Å². The predicted molar refractivity (Wildman–Crippen MR) is 60.7 cm³/mol. The molecule has 2 N–H and O–H groups in total. The number of nitrogens with one attached hydrogen (secondary N) is 1. The molecule has 0 aliphatic rings. The van der Waals surface area contributed by atoms with E-state index in [-0.39, 0.29) is 6.42 Å². The molecule has 0 radical (unpaired) electrons. The smallest absolute Gasteiger partial charge is 0.322 e. The number of nitrogens with zero attached hydrogens (tertiary/aromatic N) is 5. The zero-order valence-corrected chi connectivity index (χ0v) is 10.3.